The van der Waals surface area contributed by atoms with Crippen molar-refractivity contribution in [1.82, 2.24) is 14.5 Å². The van der Waals surface area contributed by atoms with Gasteiger partial charge in [-0.25, -0.2) is 8.42 Å². The van der Waals surface area contributed by atoms with Crippen LogP contribution in [0.25, 0.3) is 0 Å². The highest BCUT2D eigenvalue weighted by Gasteiger charge is 2.34. The number of nitrogens with one attached hydrogen (secondary N) is 1. The first-order valence-corrected chi connectivity index (χ1v) is 8.50. The first-order chi connectivity index (χ1) is 9.43. The zero-order valence-electron chi connectivity index (χ0n) is 11.1. The maximum absolute atomic E-state index is 12.4. The molecule has 1 aliphatic rings. The predicted molar refractivity (Wildman–Crippen MR) is 74.7 cm³/mol. The second kappa shape index (κ2) is 6.12. The molecule has 20 heavy (non-hydrogen) atoms. The number of aromatic nitrogens is 2. The number of nitrogens with two attached hydrogens (primary N) is 1. The van der Waals surface area contributed by atoms with Gasteiger partial charge in [0.2, 0.25) is 15.4 Å². The largest absolute Gasteiger partial charge is 0.330 e. The molecule has 3 N–H and O–H groups in total. The van der Waals surface area contributed by atoms with Crippen LogP contribution in [0.3, 0.4) is 0 Å². The quantitative estimate of drug-likeness (QED) is 0.729. The Morgan fingerprint density at radius 2 is 2.30 bits per heavy atom. The molecular weight excluding hydrogens is 302 g/mol. The molecule has 10 heteroatoms. The minimum absolute atomic E-state index is 0.0883. The molecule has 112 valence electrons. The maximum atomic E-state index is 12.4. The summed E-state index contributed by atoms with van der Waals surface area (Å²) in [6.07, 6.45) is 1.63. The number of rotatable bonds is 5. The van der Waals surface area contributed by atoms with Crippen molar-refractivity contribution in [3.63, 3.8) is 0 Å². The Morgan fingerprint density at radius 3 is 2.95 bits per heavy atom. The first kappa shape index (κ1) is 15.3. The predicted octanol–water partition coefficient (Wildman–Crippen LogP) is -0.144. The van der Waals surface area contributed by atoms with Crippen LogP contribution in [0.2, 0.25) is 0 Å². The van der Waals surface area contributed by atoms with E-state index in [1.54, 1.807) is 0 Å². The molecule has 2 heterocycles. The fourth-order valence-corrected chi connectivity index (χ4v) is 4.73. The number of nitrogens with zero attached hydrogens (tertiary/aromatic N) is 3. The van der Waals surface area contributed by atoms with Crippen LogP contribution in [0.1, 0.15) is 19.8 Å². The van der Waals surface area contributed by atoms with Gasteiger partial charge in [0.25, 0.3) is 10.0 Å². The van der Waals surface area contributed by atoms with E-state index in [4.69, 9.17) is 5.73 Å². The van der Waals surface area contributed by atoms with E-state index in [0.717, 1.165) is 24.2 Å². The lowest BCUT2D eigenvalue weighted by molar-refractivity contribution is -0.114. The summed E-state index contributed by atoms with van der Waals surface area (Å²) in [4.78, 5) is 10.9. The monoisotopic (exact) mass is 319 g/mol. The lowest BCUT2D eigenvalue weighted by Gasteiger charge is -2.13. The molecule has 0 aromatic carbocycles. The van der Waals surface area contributed by atoms with E-state index >= 15 is 0 Å². The normalized spacial score (nSPS) is 20.2. The molecule has 1 aromatic heterocycles. The molecule has 1 atom stereocenters. The lowest BCUT2D eigenvalue weighted by atomic mass is 10.1. The summed E-state index contributed by atoms with van der Waals surface area (Å²) in [7, 11) is -3.62. The van der Waals surface area contributed by atoms with Gasteiger partial charge in [0.15, 0.2) is 0 Å². The summed E-state index contributed by atoms with van der Waals surface area (Å²) in [6, 6.07) is 0. The summed E-state index contributed by atoms with van der Waals surface area (Å²) in [5.41, 5.74) is 5.50. The molecule has 0 spiro atoms. The van der Waals surface area contributed by atoms with Crippen molar-refractivity contribution in [2.45, 2.75) is 24.1 Å². The van der Waals surface area contributed by atoms with Gasteiger partial charge in [0.1, 0.15) is 0 Å². The van der Waals surface area contributed by atoms with Crippen LogP contribution in [0.5, 0.6) is 0 Å². The number of carbonyl (C=O) groups is 1. The molecule has 0 saturated carbocycles. The van der Waals surface area contributed by atoms with Gasteiger partial charge in [-0.15, -0.1) is 10.2 Å². The number of hydrogen-bond acceptors (Lipinski definition) is 7. The number of anilines is 1. The van der Waals surface area contributed by atoms with Gasteiger partial charge in [0, 0.05) is 20.0 Å². The lowest BCUT2D eigenvalue weighted by Crippen LogP contribution is -2.29. The van der Waals surface area contributed by atoms with Crippen LogP contribution in [-0.4, -0.2) is 48.5 Å². The minimum Gasteiger partial charge on any atom is -0.330 e. The Balaban J connectivity index is 2.11. The van der Waals surface area contributed by atoms with E-state index < -0.39 is 10.0 Å². The van der Waals surface area contributed by atoms with Crippen LogP contribution in [0, 0.1) is 5.92 Å². The van der Waals surface area contributed by atoms with E-state index in [1.807, 2.05) is 0 Å². The van der Waals surface area contributed by atoms with Gasteiger partial charge < -0.3 is 11.1 Å². The summed E-state index contributed by atoms with van der Waals surface area (Å²) in [6.45, 7) is 2.83. The van der Waals surface area contributed by atoms with Gasteiger partial charge in [-0.05, 0) is 25.3 Å². The van der Waals surface area contributed by atoms with Gasteiger partial charge in [-0.2, -0.15) is 4.31 Å². The fraction of sp³-hybridized carbons (Fsp3) is 0.700. The maximum Gasteiger partial charge on any atom is 0.272 e. The van der Waals surface area contributed by atoms with Crippen molar-refractivity contribution in [3.05, 3.63) is 0 Å². The Hall–Kier alpha value is -1.10. The molecule has 1 amide bonds. The number of carbonyl (C=O) groups excluding carboxylic acids is 1. The van der Waals surface area contributed by atoms with Crippen molar-refractivity contribution < 1.29 is 13.2 Å². The van der Waals surface area contributed by atoms with Crippen LogP contribution >= 0.6 is 11.3 Å². The van der Waals surface area contributed by atoms with Crippen molar-refractivity contribution in [2.75, 3.05) is 25.0 Å². The van der Waals surface area contributed by atoms with E-state index in [1.165, 1.54) is 11.2 Å². The molecule has 1 fully saturated rings. The SMILES string of the molecule is CC(=O)Nc1nnc(S(=O)(=O)N2CCC(CCN)C2)s1. The molecule has 2 rings (SSSR count). The second-order valence-electron chi connectivity index (χ2n) is 4.65. The van der Waals surface area contributed by atoms with Crippen LogP contribution < -0.4 is 11.1 Å². The molecular formula is C10H17N5O3S2. The van der Waals surface area contributed by atoms with Crippen molar-refractivity contribution in [3.8, 4) is 0 Å². The smallest absolute Gasteiger partial charge is 0.272 e. The molecule has 0 bridgehead atoms. The van der Waals surface area contributed by atoms with Crippen molar-refractivity contribution in [1.29, 1.82) is 0 Å². The molecule has 1 aliphatic heterocycles. The molecule has 0 radical (unpaired) electrons. The number of sulfonamides is 1. The Bertz CT molecular complexity index is 585. The van der Waals surface area contributed by atoms with Gasteiger partial charge in [-0.3, -0.25) is 4.79 Å². The Morgan fingerprint density at radius 1 is 1.55 bits per heavy atom. The van der Waals surface area contributed by atoms with E-state index in [2.05, 4.69) is 15.5 Å². The first-order valence-electron chi connectivity index (χ1n) is 6.25. The van der Waals surface area contributed by atoms with Gasteiger partial charge in [-0.1, -0.05) is 11.3 Å². The number of amides is 1. The van der Waals surface area contributed by atoms with E-state index in [9.17, 15) is 13.2 Å². The molecule has 1 aromatic rings. The topological polar surface area (TPSA) is 118 Å². The summed E-state index contributed by atoms with van der Waals surface area (Å²) < 4.78 is 26.1. The third-order valence-electron chi connectivity index (χ3n) is 3.07. The third kappa shape index (κ3) is 3.32. The zero-order chi connectivity index (χ0) is 14.8. The highest BCUT2D eigenvalue weighted by atomic mass is 32.2. The second-order valence-corrected chi connectivity index (χ2v) is 7.74. The summed E-state index contributed by atoms with van der Waals surface area (Å²) in [5.74, 6) is -0.00760. The van der Waals surface area contributed by atoms with Crippen molar-refractivity contribution >= 4 is 32.4 Å². The summed E-state index contributed by atoms with van der Waals surface area (Å²) >= 11 is 0.861. The van der Waals surface area contributed by atoms with Gasteiger partial charge in [0.05, 0.1) is 0 Å². The van der Waals surface area contributed by atoms with Crippen molar-refractivity contribution in [2.24, 2.45) is 11.7 Å². The Labute approximate surface area is 121 Å². The standard InChI is InChI=1S/C10H17N5O3S2/c1-7(16)12-9-13-14-10(19-9)20(17,18)15-5-3-8(6-15)2-4-11/h8H,2-6,11H2,1H3,(H,12,13,16). The highest BCUT2D eigenvalue weighted by Crippen LogP contribution is 2.28. The van der Waals surface area contributed by atoms with E-state index in [0.29, 0.717) is 25.6 Å². The minimum atomic E-state index is -3.62. The average molecular weight is 319 g/mol. The fourth-order valence-electron chi connectivity index (χ4n) is 2.11. The molecule has 0 aliphatic carbocycles. The highest BCUT2D eigenvalue weighted by molar-refractivity contribution is 7.91. The zero-order valence-corrected chi connectivity index (χ0v) is 12.7. The third-order valence-corrected chi connectivity index (χ3v) is 6.12. The van der Waals surface area contributed by atoms with E-state index in [-0.39, 0.29) is 15.4 Å². The van der Waals surface area contributed by atoms with Gasteiger partial charge >= 0.3 is 0 Å². The van der Waals surface area contributed by atoms with Crippen LogP contribution in [0.15, 0.2) is 4.34 Å². The Kier molecular flexibility index (Phi) is 4.68. The average Bonchev–Trinajstić information content (AvgIpc) is 2.98. The van der Waals surface area contributed by atoms with Crippen LogP contribution in [0.4, 0.5) is 5.13 Å². The summed E-state index contributed by atoms with van der Waals surface area (Å²) in [5, 5.41) is 9.93. The number of hydrogen-bond donors (Lipinski definition) is 2. The molecule has 1 unspecified atom stereocenters. The molecule has 1 saturated heterocycles. The molecule has 8 nitrogen and oxygen atoms in total. The van der Waals surface area contributed by atoms with Crippen LogP contribution in [-0.2, 0) is 14.8 Å².